The summed E-state index contributed by atoms with van der Waals surface area (Å²) < 4.78 is 0. The average molecular weight is 187 g/mol. The second-order valence-corrected chi connectivity index (χ2v) is 2.77. The molecule has 1 aromatic carbocycles. The lowest BCUT2D eigenvalue weighted by Crippen LogP contribution is -1.95. The number of hydrogen-bond acceptors (Lipinski definition) is 4. The summed E-state index contributed by atoms with van der Waals surface area (Å²) in [6.07, 6.45) is 1.71. The summed E-state index contributed by atoms with van der Waals surface area (Å²) in [4.78, 5) is 1.38. The Bertz CT molecular complexity index is 431. The first-order valence-corrected chi connectivity index (χ1v) is 4.20. The molecular weight excluding hydrogens is 178 g/mol. The molecule has 0 N–H and O–H groups in total. The minimum absolute atomic E-state index is 0.664. The summed E-state index contributed by atoms with van der Waals surface area (Å²) >= 11 is 0. The van der Waals surface area contributed by atoms with Gasteiger partial charge >= 0.3 is 0 Å². The van der Waals surface area contributed by atoms with Gasteiger partial charge in [-0.15, -0.1) is 9.89 Å². The lowest BCUT2D eigenvalue weighted by atomic mass is 10.2. The van der Waals surface area contributed by atoms with E-state index in [-0.39, 0.29) is 0 Å². The molecule has 0 saturated carbocycles. The second-order valence-electron chi connectivity index (χ2n) is 2.77. The summed E-state index contributed by atoms with van der Waals surface area (Å²) in [7, 11) is 0. The molecule has 1 aromatic heterocycles. The molecule has 14 heavy (non-hydrogen) atoms. The molecule has 5 nitrogen and oxygen atoms in total. The second kappa shape index (κ2) is 3.78. The van der Waals surface area contributed by atoms with Crippen molar-refractivity contribution in [2.45, 2.75) is 6.92 Å². The predicted molar refractivity (Wildman–Crippen MR) is 52.0 cm³/mol. The van der Waals surface area contributed by atoms with Gasteiger partial charge in [0.1, 0.15) is 0 Å². The molecule has 70 valence electrons. The van der Waals surface area contributed by atoms with Crippen LogP contribution in [-0.2, 0) is 0 Å². The lowest BCUT2D eigenvalue weighted by molar-refractivity contribution is 0.678. The number of nitrogens with zero attached hydrogens (tertiary/aromatic N) is 5. The van der Waals surface area contributed by atoms with Gasteiger partial charge in [-0.25, -0.2) is 0 Å². The number of benzene rings is 1. The molecule has 0 saturated heterocycles. The van der Waals surface area contributed by atoms with Crippen LogP contribution in [0.3, 0.4) is 0 Å². The van der Waals surface area contributed by atoms with Gasteiger partial charge in [-0.1, -0.05) is 30.3 Å². The molecule has 0 bridgehead atoms. The highest BCUT2D eigenvalue weighted by atomic mass is 15.7. The van der Waals surface area contributed by atoms with Crippen molar-refractivity contribution in [3.05, 3.63) is 41.7 Å². The lowest BCUT2D eigenvalue weighted by Gasteiger charge is -1.91. The molecule has 5 heteroatoms. The summed E-state index contributed by atoms with van der Waals surface area (Å²) in [5, 5.41) is 15.0. The topological polar surface area (TPSA) is 56.0 Å². The highest BCUT2D eigenvalue weighted by molar-refractivity contribution is 5.79. The highest BCUT2D eigenvalue weighted by Gasteiger charge is 1.94. The van der Waals surface area contributed by atoms with Crippen LogP contribution < -0.4 is 0 Å². The standard InChI is InChI=1S/C9H9N5/c1-8-11-12-13-14(8)10-7-9-5-3-2-4-6-9/h2-7H,1H3/b10-7+. The van der Waals surface area contributed by atoms with Crippen molar-refractivity contribution in [3.63, 3.8) is 0 Å². The van der Waals surface area contributed by atoms with Gasteiger partial charge in [0.2, 0.25) is 0 Å². The Hall–Kier alpha value is -2.04. The minimum Gasteiger partial charge on any atom is -0.155 e. The van der Waals surface area contributed by atoms with Gasteiger partial charge in [0.05, 0.1) is 6.21 Å². The van der Waals surface area contributed by atoms with E-state index >= 15 is 0 Å². The van der Waals surface area contributed by atoms with E-state index in [2.05, 4.69) is 20.6 Å². The van der Waals surface area contributed by atoms with Gasteiger partial charge in [0, 0.05) is 0 Å². The van der Waals surface area contributed by atoms with Crippen molar-refractivity contribution in [2.24, 2.45) is 5.10 Å². The predicted octanol–water partition coefficient (Wildman–Crippen LogP) is 0.864. The Labute approximate surface area is 81.1 Å². The van der Waals surface area contributed by atoms with Gasteiger partial charge in [0.15, 0.2) is 5.82 Å². The van der Waals surface area contributed by atoms with Gasteiger partial charge in [-0.2, -0.15) is 5.10 Å². The van der Waals surface area contributed by atoms with E-state index in [0.29, 0.717) is 5.82 Å². The van der Waals surface area contributed by atoms with Crippen molar-refractivity contribution in [2.75, 3.05) is 0 Å². The van der Waals surface area contributed by atoms with Crippen LogP contribution in [0.15, 0.2) is 35.4 Å². The molecule has 0 aliphatic heterocycles. The maximum atomic E-state index is 4.09. The maximum Gasteiger partial charge on any atom is 0.173 e. The highest BCUT2D eigenvalue weighted by Crippen LogP contribution is 1.94. The number of tetrazole rings is 1. The van der Waals surface area contributed by atoms with E-state index in [0.717, 1.165) is 5.56 Å². The third kappa shape index (κ3) is 1.82. The maximum absolute atomic E-state index is 4.09. The molecule has 2 rings (SSSR count). The van der Waals surface area contributed by atoms with Crippen molar-refractivity contribution in [1.82, 2.24) is 20.3 Å². The zero-order chi connectivity index (χ0) is 9.80. The van der Waals surface area contributed by atoms with Crippen LogP contribution >= 0.6 is 0 Å². The zero-order valence-corrected chi connectivity index (χ0v) is 7.70. The Morgan fingerprint density at radius 2 is 2.07 bits per heavy atom. The summed E-state index contributed by atoms with van der Waals surface area (Å²) in [5.41, 5.74) is 1.02. The summed E-state index contributed by atoms with van der Waals surface area (Å²) in [6.45, 7) is 1.79. The van der Waals surface area contributed by atoms with Crippen LogP contribution in [0.25, 0.3) is 0 Å². The van der Waals surface area contributed by atoms with Crippen LogP contribution in [0.1, 0.15) is 11.4 Å². The Morgan fingerprint density at radius 1 is 1.29 bits per heavy atom. The Balaban J connectivity index is 2.20. The van der Waals surface area contributed by atoms with Crippen LogP contribution in [0, 0.1) is 6.92 Å². The van der Waals surface area contributed by atoms with Gasteiger partial charge in [0.25, 0.3) is 0 Å². The van der Waals surface area contributed by atoms with Crippen LogP contribution in [0.5, 0.6) is 0 Å². The van der Waals surface area contributed by atoms with Crippen molar-refractivity contribution < 1.29 is 0 Å². The molecule has 0 amide bonds. The molecule has 0 unspecified atom stereocenters. The summed E-state index contributed by atoms with van der Waals surface area (Å²) in [5.74, 6) is 0.664. The molecular formula is C9H9N5. The molecule has 0 atom stereocenters. The first-order valence-electron chi connectivity index (χ1n) is 4.20. The quantitative estimate of drug-likeness (QED) is 0.655. The van der Waals surface area contributed by atoms with Crippen molar-refractivity contribution in [3.8, 4) is 0 Å². The first kappa shape index (κ1) is 8.55. The summed E-state index contributed by atoms with van der Waals surface area (Å²) in [6, 6.07) is 9.79. The van der Waals surface area contributed by atoms with Gasteiger partial charge in [-0.05, 0) is 22.9 Å². The van der Waals surface area contributed by atoms with Crippen LogP contribution in [-0.4, -0.2) is 26.5 Å². The van der Waals surface area contributed by atoms with Crippen LogP contribution in [0.4, 0.5) is 0 Å². The minimum atomic E-state index is 0.664. The largest absolute Gasteiger partial charge is 0.173 e. The van der Waals surface area contributed by atoms with E-state index < -0.39 is 0 Å². The van der Waals surface area contributed by atoms with E-state index in [4.69, 9.17) is 0 Å². The molecule has 0 aliphatic carbocycles. The fourth-order valence-electron chi connectivity index (χ4n) is 0.994. The van der Waals surface area contributed by atoms with Gasteiger partial charge in [-0.3, -0.25) is 0 Å². The molecule has 0 aliphatic rings. The number of aryl methyl sites for hydroxylation is 1. The van der Waals surface area contributed by atoms with E-state index in [9.17, 15) is 0 Å². The van der Waals surface area contributed by atoms with Crippen molar-refractivity contribution >= 4 is 6.21 Å². The fourth-order valence-corrected chi connectivity index (χ4v) is 0.994. The number of rotatable bonds is 2. The molecule has 0 spiro atoms. The third-order valence-electron chi connectivity index (χ3n) is 1.72. The SMILES string of the molecule is Cc1nnnn1/N=C/c1ccccc1. The molecule has 0 radical (unpaired) electrons. The van der Waals surface area contributed by atoms with E-state index in [1.807, 2.05) is 30.3 Å². The normalized spacial score (nSPS) is 10.9. The number of hydrogen-bond donors (Lipinski definition) is 0. The van der Waals surface area contributed by atoms with Gasteiger partial charge < -0.3 is 0 Å². The number of aromatic nitrogens is 4. The van der Waals surface area contributed by atoms with Crippen molar-refractivity contribution in [1.29, 1.82) is 0 Å². The Morgan fingerprint density at radius 3 is 2.71 bits per heavy atom. The molecule has 2 aromatic rings. The zero-order valence-electron chi connectivity index (χ0n) is 7.70. The average Bonchev–Trinajstić information content (AvgIpc) is 2.63. The monoisotopic (exact) mass is 187 g/mol. The van der Waals surface area contributed by atoms with Crippen LogP contribution in [0.2, 0.25) is 0 Å². The van der Waals surface area contributed by atoms with E-state index in [1.54, 1.807) is 13.1 Å². The fraction of sp³-hybridized carbons (Fsp3) is 0.111. The smallest absolute Gasteiger partial charge is 0.155 e. The Kier molecular flexibility index (Phi) is 2.31. The third-order valence-corrected chi connectivity index (χ3v) is 1.72. The van der Waals surface area contributed by atoms with E-state index in [1.165, 1.54) is 4.79 Å². The molecule has 1 heterocycles. The molecule has 0 fully saturated rings. The first-order chi connectivity index (χ1) is 6.86.